The van der Waals surface area contributed by atoms with Gasteiger partial charge in [-0.1, -0.05) is 39.0 Å². The lowest BCUT2D eigenvalue weighted by molar-refractivity contribution is -0.116. The van der Waals surface area contributed by atoms with Crippen molar-refractivity contribution in [1.29, 1.82) is 0 Å². The molecule has 3 rings (SSSR count). The summed E-state index contributed by atoms with van der Waals surface area (Å²) in [7, 11) is 0. The number of carbonyl (C=O) groups excluding carboxylic acids is 1. The van der Waals surface area contributed by atoms with Gasteiger partial charge in [0.25, 0.3) is 0 Å². The van der Waals surface area contributed by atoms with Gasteiger partial charge in [0.15, 0.2) is 0 Å². The number of halogens is 1. The number of fused-ring (bicyclic) bond motifs is 1. The van der Waals surface area contributed by atoms with E-state index in [-0.39, 0.29) is 11.7 Å². The van der Waals surface area contributed by atoms with Crippen molar-refractivity contribution >= 4 is 17.3 Å². The van der Waals surface area contributed by atoms with Gasteiger partial charge in [-0.05, 0) is 111 Å². The van der Waals surface area contributed by atoms with E-state index in [4.69, 9.17) is 5.73 Å². The lowest BCUT2D eigenvalue weighted by atomic mass is 9.69. The molecular weight excluding hydrogens is 425 g/mol. The van der Waals surface area contributed by atoms with Crippen molar-refractivity contribution in [3.8, 4) is 0 Å². The molecule has 0 spiro atoms. The number of rotatable bonds is 10. The summed E-state index contributed by atoms with van der Waals surface area (Å²) in [6, 6.07) is 9.28. The second-order valence-electron chi connectivity index (χ2n) is 10.0. The van der Waals surface area contributed by atoms with E-state index < -0.39 is 0 Å². The molecule has 2 aromatic carbocycles. The van der Waals surface area contributed by atoms with Gasteiger partial charge in [-0.25, -0.2) is 4.39 Å². The first-order chi connectivity index (χ1) is 16.2. The summed E-state index contributed by atoms with van der Waals surface area (Å²) in [5, 5.41) is 3.01. The molecule has 4 nitrogen and oxygen atoms in total. The lowest BCUT2D eigenvalue weighted by Gasteiger charge is -2.37. The molecule has 0 aromatic heterocycles. The summed E-state index contributed by atoms with van der Waals surface area (Å²) in [6.45, 7) is 13.5. The minimum atomic E-state index is -0.133. The van der Waals surface area contributed by atoms with E-state index in [1.54, 1.807) is 18.1 Å². The zero-order chi connectivity index (χ0) is 24.8. The molecule has 0 aliphatic heterocycles. The van der Waals surface area contributed by atoms with Crippen molar-refractivity contribution in [1.82, 2.24) is 4.90 Å². The number of carbonyl (C=O) groups is 1. The highest BCUT2D eigenvalue weighted by Gasteiger charge is 2.32. The maximum absolute atomic E-state index is 13.7. The first-order valence-corrected chi connectivity index (χ1v) is 12.7. The summed E-state index contributed by atoms with van der Waals surface area (Å²) < 4.78 is 13.7. The number of nitrogens with zero attached hydrogens (tertiary/aromatic N) is 1. The molecule has 1 amide bonds. The van der Waals surface area contributed by atoms with Crippen LogP contribution in [0.15, 0.2) is 30.3 Å². The van der Waals surface area contributed by atoms with Crippen LogP contribution in [0.1, 0.15) is 74.6 Å². The average Bonchev–Trinajstić information content (AvgIpc) is 2.80. The third kappa shape index (κ3) is 6.38. The molecule has 0 bridgehead atoms. The second-order valence-corrected chi connectivity index (χ2v) is 10.0. The van der Waals surface area contributed by atoms with Gasteiger partial charge >= 0.3 is 0 Å². The van der Waals surface area contributed by atoms with Gasteiger partial charge in [0.2, 0.25) is 5.91 Å². The molecule has 3 N–H and O–H groups in total. The molecule has 1 aliphatic rings. The van der Waals surface area contributed by atoms with Crippen LogP contribution in [0.3, 0.4) is 0 Å². The molecule has 0 saturated heterocycles. The number of hydrogen-bond donors (Lipinski definition) is 2. The quantitative estimate of drug-likeness (QED) is 0.398. The van der Waals surface area contributed by atoms with E-state index in [1.165, 1.54) is 11.1 Å². The molecule has 5 heteroatoms. The molecular formula is C29H41FN3O. The van der Waals surface area contributed by atoms with Crippen LogP contribution >= 0.6 is 0 Å². The van der Waals surface area contributed by atoms with Crippen LogP contribution in [0.5, 0.6) is 0 Å². The van der Waals surface area contributed by atoms with Gasteiger partial charge in [0.1, 0.15) is 5.82 Å². The highest BCUT2D eigenvalue weighted by molar-refractivity contribution is 5.95. The molecule has 185 valence electrons. The van der Waals surface area contributed by atoms with Crippen LogP contribution in [0.4, 0.5) is 15.8 Å². The molecule has 1 atom stereocenters. The summed E-state index contributed by atoms with van der Waals surface area (Å²) in [5.74, 6) is 2.36. The fourth-order valence-corrected chi connectivity index (χ4v) is 5.27. The van der Waals surface area contributed by atoms with Crippen molar-refractivity contribution in [2.45, 2.75) is 72.6 Å². The molecule has 1 unspecified atom stereocenters. The third-order valence-electron chi connectivity index (χ3n) is 7.27. The fraction of sp³-hybridized carbons (Fsp3) is 0.517. The number of benzene rings is 2. The number of amides is 1. The van der Waals surface area contributed by atoms with Crippen LogP contribution in [-0.4, -0.2) is 30.4 Å². The maximum Gasteiger partial charge on any atom is 0.224 e. The Balaban J connectivity index is 1.50. The SMILES string of the molecule is CCN(CCCC(=O)Nc1c(C)ccc(C)c1N)CC[C]1CCc2cc(F)ccc2C1C(C)C. The van der Waals surface area contributed by atoms with Gasteiger partial charge < -0.3 is 16.0 Å². The minimum absolute atomic E-state index is 0.0156. The van der Waals surface area contributed by atoms with Crippen LogP contribution in [0, 0.1) is 31.5 Å². The number of nitrogens with one attached hydrogen (secondary N) is 1. The number of nitrogen functional groups attached to an aromatic ring is 1. The molecule has 0 fully saturated rings. The van der Waals surface area contributed by atoms with E-state index in [9.17, 15) is 9.18 Å². The molecule has 0 saturated carbocycles. The van der Waals surface area contributed by atoms with Gasteiger partial charge in [-0.15, -0.1) is 0 Å². The van der Waals surface area contributed by atoms with Crippen LogP contribution in [0.2, 0.25) is 0 Å². The van der Waals surface area contributed by atoms with Crippen molar-refractivity contribution in [2.75, 3.05) is 30.7 Å². The Morgan fingerprint density at radius 2 is 1.88 bits per heavy atom. The molecule has 1 aliphatic carbocycles. The molecule has 34 heavy (non-hydrogen) atoms. The molecule has 2 aromatic rings. The van der Waals surface area contributed by atoms with Crippen molar-refractivity contribution < 1.29 is 9.18 Å². The zero-order valence-corrected chi connectivity index (χ0v) is 21.5. The normalized spacial score (nSPS) is 16.2. The maximum atomic E-state index is 13.7. The predicted octanol–water partition coefficient (Wildman–Crippen LogP) is 6.42. The number of hydrogen-bond acceptors (Lipinski definition) is 3. The summed E-state index contributed by atoms with van der Waals surface area (Å²) in [5.41, 5.74) is 12.0. The first kappa shape index (κ1) is 26.2. The van der Waals surface area contributed by atoms with Crippen molar-refractivity contribution in [3.63, 3.8) is 0 Å². The van der Waals surface area contributed by atoms with E-state index in [1.807, 2.05) is 32.0 Å². The molecule has 0 heterocycles. The largest absolute Gasteiger partial charge is 0.397 e. The van der Waals surface area contributed by atoms with E-state index >= 15 is 0 Å². The van der Waals surface area contributed by atoms with Gasteiger partial charge in [0.05, 0.1) is 11.4 Å². The van der Waals surface area contributed by atoms with E-state index in [0.29, 0.717) is 23.9 Å². The van der Waals surface area contributed by atoms with Gasteiger partial charge in [-0.2, -0.15) is 0 Å². The summed E-state index contributed by atoms with van der Waals surface area (Å²) in [6.07, 6.45) is 4.32. The van der Waals surface area contributed by atoms with Crippen LogP contribution < -0.4 is 11.1 Å². The van der Waals surface area contributed by atoms with Gasteiger partial charge in [0, 0.05) is 6.42 Å². The van der Waals surface area contributed by atoms with Crippen molar-refractivity contribution in [2.24, 2.45) is 5.92 Å². The Labute approximate surface area is 205 Å². The van der Waals surface area contributed by atoms with Crippen LogP contribution in [0.25, 0.3) is 0 Å². The van der Waals surface area contributed by atoms with Crippen LogP contribution in [-0.2, 0) is 11.2 Å². The second kappa shape index (κ2) is 11.8. The number of aryl methyl sites for hydroxylation is 3. The van der Waals surface area contributed by atoms with E-state index in [0.717, 1.165) is 62.1 Å². The Morgan fingerprint density at radius 1 is 1.15 bits per heavy atom. The standard InChI is InChI=1S/C29H41FN3O/c1-6-33(16-7-8-26(34)32-29-21(5)10-9-20(4)28(29)31)17-15-22-11-12-23-18-24(30)13-14-25(23)27(22)19(2)3/h9-10,13-14,18-19,27H,6-8,11-12,15-17,31H2,1-5H3,(H,32,34). The van der Waals surface area contributed by atoms with Crippen molar-refractivity contribution in [3.05, 3.63) is 64.3 Å². The highest BCUT2D eigenvalue weighted by atomic mass is 19.1. The summed E-state index contributed by atoms with van der Waals surface area (Å²) in [4.78, 5) is 15.0. The Bertz CT molecular complexity index is 988. The Morgan fingerprint density at radius 3 is 2.59 bits per heavy atom. The first-order valence-electron chi connectivity index (χ1n) is 12.7. The minimum Gasteiger partial charge on any atom is -0.397 e. The smallest absolute Gasteiger partial charge is 0.224 e. The molecule has 1 radical (unpaired) electrons. The zero-order valence-electron chi connectivity index (χ0n) is 21.5. The summed E-state index contributed by atoms with van der Waals surface area (Å²) >= 11 is 0. The number of anilines is 2. The monoisotopic (exact) mass is 466 g/mol. The Kier molecular flexibility index (Phi) is 9.12. The Hall–Kier alpha value is -2.40. The lowest BCUT2D eigenvalue weighted by Crippen LogP contribution is -2.31. The topological polar surface area (TPSA) is 58.4 Å². The fourth-order valence-electron chi connectivity index (χ4n) is 5.27. The van der Waals surface area contributed by atoms with Gasteiger partial charge in [-0.3, -0.25) is 4.79 Å². The third-order valence-corrected chi connectivity index (χ3v) is 7.27. The average molecular weight is 467 g/mol. The highest BCUT2D eigenvalue weighted by Crippen LogP contribution is 2.44. The predicted molar refractivity (Wildman–Crippen MR) is 140 cm³/mol. The number of nitrogens with two attached hydrogens (primary N) is 1. The van der Waals surface area contributed by atoms with E-state index in [2.05, 4.69) is 31.0 Å².